The molecule has 0 aliphatic carbocycles. The van der Waals surface area contributed by atoms with E-state index in [1.807, 2.05) is 0 Å². The summed E-state index contributed by atoms with van der Waals surface area (Å²) < 4.78 is 0. The molecule has 1 amide bonds. The Morgan fingerprint density at radius 2 is 2.14 bits per heavy atom. The smallest absolute Gasteiger partial charge is 0.350 e. The van der Waals surface area contributed by atoms with Crippen molar-refractivity contribution in [2.24, 2.45) is 10.1 Å². The highest BCUT2D eigenvalue weighted by atomic mass is 32.2. The summed E-state index contributed by atoms with van der Waals surface area (Å²) in [7, 11) is 0. The summed E-state index contributed by atoms with van der Waals surface area (Å²) in [5.41, 5.74) is 4.19. The minimum atomic E-state index is -1.73. The van der Waals surface area contributed by atoms with Gasteiger partial charge in [-0.2, -0.15) is 0 Å². The molecule has 1 aliphatic rings. The van der Waals surface area contributed by atoms with E-state index in [1.165, 1.54) is 37.2 Å². The van der Waals surface area contributed by atoms with Crippen molar-refractivity contribution < 1.29 is 29.4 Å². The molecule has 0 saturated heterocycles. The number of nitrogens with one attached hydrogen (secondary N) is 1. The zero-order chi connectivity index (χ0) is 21.8. The molecule has 1 aromatic rings. The van der Waals surface area contributed by atoms with Gasteiger partial charge in [-0.15, -0.1) is 23.1 Å². The molecular formula is C16H19N5O6S2. The second-order valence-electron chi connectivity index (χ2n) is 6.34. The number of nitrogens with two attached hydrogens (primary N) is 1. The van der Waals surface area contributed by atoms with Crippen LogP contribution < -0.4 is 11.1 Å². The number of carbonyl (C=O) groups is 3. The van der Waals surface area contributed by atoms with Crippen molar-refractivity contribution in [2.45, 2.75) is 30.9 Å². The van der Waals surface area contributed by atoms with Crippen molar-refractivity contribution in [1.29, 1.82) is 0 Å². The van der Waals surface area contributed by atoms with Crippen LogP contribution in [0.3, 0.4) is 0 Å². The maximum absolute atomic E-state index is 12.8. The zero-order valence-electron chi connectivity index (χ0n) is 15.5. The summed E-state index contributed by atoms with van der Waals surface area (Å²) in [6.07, 6.45) is 1.46. The number of thioether (sulfide) groups is 1. The number of aromatic nitrogens is 1. The van der Waals surface area contributed by atoms with Crippen LogP contribution in [0.4, 0.5) is 5.13 Å². The molecule has 2 rings (SSSR count). The average molecular weight is 441 g/mol. The normalized spacial score (nSPS) is 18.2. The summed E-state index contributed by atoms with van der Waals surface area (Å²) in [6.45, 7) is 6.22. The van der Waals surface area contributed by atoms with Crippen LogP contribution in [0.5, 0.6) is 0 Å². The van der Waals surface area contributed by atoms with Crippen molar-refractivity contribution in [2.75, 3.05) is 11.5 Å². The van der Waals surface area contributed by atoms with Crippen LogP contribution in [0.2, 0.25) is 0 Å². The van der Waals surface area contributed by atoms with Crippen LogP contribution in [0.15, 0.2) is 27.7 Å². The molecule has 5 N–H and O–H groups in total. The number of carbonyl (C=O) groups excluding carboxylic acids is 1. The van der Waals surface area contributed by atoms with Crippen LogP contribution >= 0.6 is 23.1 Å². The number of hydrogen-bond donors (Lipinski definition) is 4. The minimum Gasteiger partial charge on any atom is -0.480 e. The van der Waals surface area contributed by atoms with Crippen LogP contribution in [0, 0.1) is 0 Å². The molecule has 0 unspecified atom stereocenters. The number of carboxylic acids is 2. The molecule has 156 valence electrons. The lowest BCUT2D eigenvalue weighted by atomic mass is 10.1. The van der Waals surface area contributed by atoms with Gasteiger partial charge in [-0.3, -0.25) is 9.79 Å². The van der Waals surface area contributed by atoms with Crippen molar-refractivity contribution in [3.63, 3.8) is 0 Å². The summed E-state index contributed by atoms with van der Waals surface area (Å²) in [5, 5.41) is 25.4. The number of nitrogen functional groups attached to an aromatic ring is 1. The largest absolute Gasteiger partial charge is 0.480 e. The molecule has 1 aromatic heterocycles. The van der Waals surface area contributed by atoms with Crippen molar-refractivity contribution in [3.8, 4) is 0 Å². The number of thiazole rings is 1. The number of carboxylic acid groups (broad SMARTS) is 2. The maximum Gasteiger partial charge on any atom is 0.350 e. The van der Waals surface area contributed by atoms with E-state index in [4.69, 9.17) is 15.7 Å². The number of aliphatic carboxylic acids is 2. The number of aliphatic imine (C=N–C) groups is 1. The predicted octanol–water partition coefficient (Wildman–Crippen LogP) is 0.579. The second kappa shape index (κ2) is 9.05. The highest BCUT2D eigenvalue weighted by Crippen LogP contribution is 2.23. The van der Waals surface area contributed by atoms with Gasteiger partial charge in [0.1, 0.15) is 11.1 Å². The van der Waals surface area contributed by atoms with E-state index in [0.717, 1.165) is 16.9 Å². The predicted molar refractivity (Wildman–Crippen MR) is 109 cm³/mol. The number of oxime groups is 1. The first-order valence-electron chi connectivity index (χ1n) is 8.08. The second-order valence-corrected chi connectivity index (χ2v) is 8.34. The molecular weight excluding hydrogens is 422 g/mol. The first kappa shape index (κ1) is 22.4. The van der Waals surface area contributed by atoms with Crippen LogP contribution in [-0.2, 0) is 19.2 Å². The molecule has 0 bridgehead atoms. The SMILES string of the molecule is C=C1C=N[C@@H]([C@H](NC(=O)/C(=N\OC(C)(C)C(=O)O)c2csc(N)n2)C(=O)O)SC1. The number of rotatable bonds is 8. The van der Waals surface area contributed by atoms with Crippen LogP contribution in [0.1, 0.15) is 19.5 Å². The van der Waals surface area contributed by atoms with Gasteiger partial charge in [0.05, 0.1) is 0 Å². The van der Waals surface area contributed by atoms with Crippen LogP contribution in [-0.4, -0.2) is 67.7 Å². The highest BCUT2D eigenvalue weighted by Gasteiger charge is 2.34. The van der Waals surface area contributed by atoms with Crippen molar-refractivity contribution >= 4 is 58.0 Å². The number of amides is 1. The van der Waals surface area contributed by atoms with Gasteiger partial charge in [0.2, 0.25) is 5.60 Å². The van der Waals surface area contributed by atoms with Gasteiger partial charge in [-0.05, 0) is 19.4 Å². The Morgan fingerprint density at radius 3 is 2.62 bits per heavy atom. The molecule has 29 heavy (non-hydrogen) atoms. The van der Waals surface area contributed by atoms with E-state index < -0.39 is 40.6 Å². The third-order valence-corrected chi connectivity index (χ3v) is 5.49. The highest BCUT2D eigenvalue weighted by molar-refractivity contribution is 8.00. The summed E-state index contributed by atoms with van der Waals surface area (Å²) in [6, 6.07) is -1.37. The first-order chi connectivity index (χ1) is 13.5. The molecule has 11 nitrogen and oxygen atoms in total. The van der Waals surface area contributed by atoms with E-state index in [9.17, 15) is 19.5 Å². The Hall–Kier alpha value is -2.93. The quantitative estimate of drug-likeness (QED) is 0.332. The Morgan fingerprint density at radius 1 is 1.45 bits per heavy atom. The van der Waals surface area contributed by atoms with Crippen LogP contribution in [0.25, 0.3) is 0 Å². The summed E-state index contributed by atoms with van der Waals surface area (Å²) in [4.78, 5) is 48.7. The van der Waals surface area contributed by atoms with Gasteiger partial charge in [-0.1, -0.05) is 11.7 Å². The molecule has 0 fully saturated rings. The third-order valence-electron chi connectivity index (χ3n) is 3.54. The molecule has 0 aromatic carbocycles. The Labute approximate surface area is 173 Å². The van der Waals surface area contributed by atoms with E-state index >= 15 is 0 Å². The zero-order valence-corrected chi connectivity index (χ0v) is 17.1. The molecule has 2 heterocycles. The van der Waals surface area contributed by atoms with E-state index in [0.29, 0.717) is 5.75 Å². The lowest BCUT2D eigenvalue weighted by molar-refractivity contribution is -0.161. The van der Waals surface area contributed by atoms with E-state index in [1.54, 1.807) is 0 Å². The average Bonchev–Trinajstić information content (AvgIpc) is 3.06. The topological polar surface area (TPSA) is 177 Å². The monoisotopic (exact) mass is 441 g/mol. The van der Waals surface area contributed by atoms with Gasteiger partial charge in [0.25, 0.3) is 5.91 Å². The van der Waals surface area contributed by atoms with Gasteiger partial charge < -0.3 is 26.1 Å². The Balaban J connectivity index is 2.30. The molecule has 0 radical (unpaired) electrons. The standard InChI is InChI=1S/C16H19N5O6S2/c1-7-4-18-12(28-5-7)10(13(23)24)20-11(22)9(8-6-29-15(17)19-8)21-27-16(2,3)14(25)26/h4,6,10,12H,1,5H2,2-3H3,(H2,17,19)(H,20,22)(H,23,24)(H,25,26)/b21-9-/t10-,12+/m0/s1. The third kappa shape index (κ3) is 5.77. The van der Waals surface area contributed by atoms with Gasteiger partial charge in [0.15, 0.2) is 16.9 Å². The van der Waals surface area contributed by atoms with Gasteiger partial charge in [0, 0.05) is 17.3 Å². The molecule has 1 aliphatic heterocycles. The van der Waals surface area contributed by atoms with E-state index in [-0.39, 0.29) is 10.8 Å². The van der Waals surface area contributed by atoms with Gasteiger partial charge >= 0.3 is 11.9 Å². The fraction of sp³-hybridized carbons (Fsp3) is 0.375. The fourth-order valence-electron chi connectivity index (χ4n) is 1.90. The molecule has 13 heteroatoms. The molecule has 2 atom stereocenters. The summed E-state index contributed by atoms with van der Waals surface area (Å²) >= 11 is 2.23. The lowest BCUT2D eigenvalue weighted by Gasteiger charge is -2.24. The summed E-state index contributed by atoms with van der Waals surface area (Å²) in [5.74, 6) is -3.07. The fourth-order valence-corrected chi connectivity index (χ4v) is 3.43. The van der Waals surface area contributed by atoms with E-state index in [2.05, 4.69) is 27.0 Å². The number of anilines is 1. The Kier molecular flexibility index (Phi) is 6.97. The lowest BCUT2D eigenvalue weighted by Crippen LogP contribution is -2.50. The molecule has 0 saturated carbocycles. The number of hydrogen-bond acceptors (Lipinski definition) is 10. The minimum absolute atomic E-state index is 0.0171. The number of nitrogens with zero attached hydrogens (tertiary/aromatic N) is 3. The van der Waals surface area contributed by atoms with Crippen molar-refractivity contribution in [3.05, 3.63) is 23.2 Å². The Bertz CT molecular complexity index is 894. The van der Waals surface area contributed by atoms with Gasteiger partial charge in [-0.25, -0.2) is 14.6 Å². The van der Waals surface area contributed by atoms with Crippen molar-refractivity contribution in [1.82, 2.24) is 10.3 Å². The first-order valence-corrected chi connectivity index (χ1v) is 10.0. The molecule has 0 spiro atoms. The maximum atomic E-state index is 12.8.